The van der Waals surface area contributed by atoms with Crippen molar-refractivity contribution in [2.75, 3.05) is 7.11 Å². The number of thiazole rings is 1. The summed E-state index contributed by atoms with van der Waals surface area (Å²) in [5.41, 5.74) is 0.465. The minimum atomic E-state index is -3.94. The van der Waals surface area contributed by atoms with Crippen LogP contribution in [0.25, 0.3) is 16.3 Å². The molecule has 0 aliphatic rings. The number of nitrogens with zero attached hydrogens (tertiary/aromatic N) is 3. The van der Waals surface area contributed by atoms with Gasteiger partial charge in [0, 0.05) is 17.0 Å². The number of nitrogens with two attached hydrogens (primary N) is 1. The van der Waals surface area contributed by atoms with E-state index in [2.05, 4.69) is 9.73 Å². The molecule has 0 spiro atoms. The molecule has 0 unspecified atom stereocenters. The molecule has 1 amide bonds. The summed E-state index contributed by atoms with van der Waals surface area (Å²) in [6, 6.07) is 6.89. The van der Waals surface area contributed by atoms with E-state index >= 15 is 0 Å². The molecule has 31 heavy (non-hydrogen) atoms. The number of sulfonamides is 1. The number of nitro groups is 1. The highest BCUT2D eigenvalue weighted by atomic mass is 32.2. The molecule has 0 atom stereocenters. The molecule has 3 aromatic rings. The summed E-state index contributed by atoms with van der Waals surface area (Å²) < 4.78 is 29.7. The number of rotatable bonds is 6. The van der Waals surface area contributed by atoms with Gasteiger partial charge in [-0.2, -0.15) is 4.99 Å². The van der Waals surface area contributed by atoms with E-state index in [1.54, 1.807) is 0 Å². The third kappa shape index (κ3) is 5.29. The highest BCUT2D eigenvalue weighted by Crippen LogP contribution is 2.25. The van der Waals surface area contributed by atoms with Crippen molar-refractivity contribution in [1.29, 1.82) is 0 Å². The molecule has 0 aliphatic heterocycles. The summed E-state index contributed by atoms with van der Waals surface area (Å²) in [4.78, 5) is 38.8. The first-order chi connectivity index (χ1) is 14.6. The zero-order valence-corrected chi connectivity index (χ0v) is 18.2. The van der Waals surface area contributed by atoms with Crippen LogP contribution >= 0.6 is 22.7 Å². The first-order valence-corrected chi connectivity index (χ1v) is 11.5. The molecule has 2 heterocycles. The Morgan fingerprint density at radius 2 is 2.03 bits per heavy atom. The summed E-state index contributed by atoms with van der Waals surface area (Å²) >= 11 is 1.89. The van der Waals surface area contributed by atoms with Crippen LogP contribution in [0, 0.1) is 10.1 Å². The number of ether oxygens (including phenoxy) is 1. The summed E-state index contributed by atoms with van der Waals surface area (Å²) in [7, 11) is -2.73. The van der Waals surface area contributed by atoms with Gasteiger partial charge in [0.2, 0.25) is 10.0 Å². The maximum Gasteiger partial charge on any atom is 0.325 e. The summed E-state index contributed by atoms with van der Waals surface area (Å²) in [6.45, 7) is -0.252. The van der Waals surface area contributed by atoms with Crippen molar-refractivity contribution in [3.8, 4) is 0 Å². The monoisotopic (exact) mass is 482 g/mol. The lowest BCUT2D eigenvalue weighted by Gasteiger charge is -2.04. The summed E-state index contributed by atoms with van der Waals surface area (Å²) in [6.07, 6.45) is 2.53. The molecule has 0 radical (unpaired) electrons. The van der Waals surface area contributed by atoms with Crippen LogP contribution in [0.1, 0.15) is 4.88 Å². The van der Waals surface area contributed by atoms with Crippen molar-refractivity contribution < 1.29 is 27.7 Å². The van der Waals surface area contributed by atoms with Crippen LogP contribution < -0.4 is 9.94 Å². The molecule has 11 nitrogen and oxygen atoms in total. The van der Waals surface area contributed by atoms with Gasteiger partial charge in [0.15, 0.2) is 4.80 Å². The zero-order valence-electron chi connectivity index (χ0n) is 15.8. The molecular formula is C17H14N4O7S3. The fourth-order valence-electron chi connectivity index (χ4n) is 2.48. The lowest BCUT2D eigenvalue weighted by molar-refractivity contribution is -0.380. The number of thiophene rings is 1. The predicted molar refractivity (Wildman–Crippen MR) is 114 cm³/mol. The maximum atomic E-state index is 12.3. The Labute approximate surface area is 182 Å². The second-order valence-electron chi connectivity index (χ2n) is 5.94. The number of hydrogen-bond acceptors (Lipinski definition) is 9. The fraction of sp³-hybridized carbons (Fsp3) is 0.118. The number of esters is 1. The second-order valence-corrected chi connectivity index (χ2v) is 9.60. The van der Waals surface area contributed by atoms with Gasteiger partial charge in [-0.25, -0.2) is 13.6 Å². The van der Waals surface area contributed by atoms with Crippen LogP contribution in [0.5, 0.6) is 0 Å². The highest BCUT2D eigenvalue weighted by molar-refractivity contribution is 7.89. The molecule has 0 aliphatic carbocycles. The van der Waals surface area contributed by atoms with E-state index in [-0.39, 0.29) is 21.2 Å². The van der Waals surface area contributed by atoms with E-state index < -0.39 is 26.8 Å². The number of carbonyl (C=O) groups excluding carboxylic acids is 2. The maximum absolute atomic E-state index is 12.3. The van der Waals surface area contributed by atoms with Gasteiger partial charge in [0.05, 0.1) is 27.1 Å². The minimum absolute atomic E-state index is 0.0601. The number of fused-ring (bicyclic) bond motifs is 1. The SMILES string of the molecule is COC(=O)Cn1c(=NC(=O)/C=C\c2ccc([N+](=O)[O-])s2)sc2cc(S(N)(=O)=O)ccc21. The molecule has 0 fully saturated rings. The summed E-state index contributed by atoms with van der Waals surface area (Å²) in [5, 5.41) is 15.8. The lowest BCUT2D eigenvalue weighted by Crippen LogP contribution is -2.22. The number of carbonyl (C=O) groups is 2. The van der Waals surface area contributed by atoms with Crippen LogP contribution in [0.4, 0.5) is 5.00 Å². The molecule has 0 saturated carbocycles. The van der Waals surface area contributed by atoms with E-state index in [0.717, 1.165) is 28.7 Å². The Balaban J connectivity index is 2.03. The average Bonchev–Trinajstić information content (AvgIpc) is 3.30. The van der Waals surface area contributed by atoms with Crippen molar-refractivity contribution in [2.24, 2.45) is 10.1 Å². The molecule has 2 aromatic heterocycles. The highest BCUT2D eigenvalue weighted by Gasteiger charge is 2.15. The van der Waals surface area contributed by atoms with Crippen molar-refractivity contribution in [3.63, 3.8) is 0 Å². The lowest BCUT2D eigenvalue weighted by atomic mass is 10.3. The van der Waals surface area contributed by atoms with Gasteiger partial charge in [0.1, 0.15) is 6.54 Å². The van der Waals surface area contributed by atoms with Crippen molar-refractivity contribution in [2.45, 2.75) is 11.4 Å². The quantitative estimate of drug-likeness (QED) is 0.241. The van der Waals surface area contributed by atoms with Gasteiger partial charge in [0.25, 0.3) is 5.91 Å². The molecule has 2 N–H and O–H groups in total. The summed E-state index contributed by atoms with van der Waals surface area (Å²) in [5.74, 6) is -1.27. The topological polar surface area (TPSA) is 164 Å². The minimum Gasteiger partial charge on any atom is -0.468 e. The normalized spacial score (nSPS) is 12.5. The van der Waals surface area contributed by atoms with Crippen LogP contribution in [0.2, 0.25) is 0 Å². The van der Waals surface area contributed by atoms with Gasteiger partial charge >= 0.3 is 11.0 Å². The van der Waals surface area contributed by atoms with Gasteiger partial charge in [-0.05, 0) is 30.3 Å². The van der Waals surface area contributed by atoms with E-state index in [9.17, 15) is 28.1 Å². The van der Waals surface area contributed by atoms with Gasteiger partial charge < -0.3 is 9.30 Å². The Hall–Kier alpha value is -3.20. The van der Waals surface area contributed by atoms with Crippen LogP contribution in [0.3, 0.4) is 0 Å². The number of benzene rings is 1. The standard InChI is InChI=1S/C17H14N4O7S3/c1-28-16(23)9-20-12-5-4-11(31(18,26)27)8-13(12)30-17(20)19-14(22)6-2-10-3-7-15(29-10)21(24)25/h2-8H,9H2,1H3,(H2,18,26,27)/b6-2-,19-17?. The first-order valence-electron chi connectivity index (χ1n) is 8.32. The fourth-order valence-corrected chi connectivity index (χ4v) is 4.89. The Bertz CT molecular complexity index is 1400. The number of hydrogen-bond donors (Lipinski definition) is 1. The number of primary sulfonamides is 1. The Morgan fingerprint density at radius 1 is 1.29 bits per heavy atom. The predicted octanol–water partition coefficient (Wildman–Crippen LogP) is 1.63. The number of amides is 1. The molecular weight excluding hydrogens is 468 g/mol. The molecule has 162 valence electrons. The Kier molecular flexibility index (Phi) is 6.45. The van der Waals surface area contributed by atoms with Gasteiger partial charge in [-0.1, -0.05) is 22.7 Å². The number of aromatic nitrogens is 1. The molecule has 0 bridgehead atoms. The van der Waals surface area contributed by atoms with Crippen molar-refractivity contribution in [1.82, 2.24) is 4.57 Å². The van der Waals surface area contributed by atoms with Crippen LogP contribution in [-0.4, -0.2) is 36.9 Å². The first kappa shape index (κ1) is 22.5. The van der Waals surface area contributed by atoms with Crippen LogP contribution in [0.15, 0.2) is 46.3 Å². The average molecular weight is 483 g/mol. The van der Waals surface area contributed by atoms with E-state index in [0.29, 0.717) is 15.1 Å². The molecule has 3 rings (SSSR count). The van der Waals surface area contributed by atoms with Crippen molar-refractivity contribution >= 4 is 65.9 Å². The number of methoxy groups -OCH3 is 1. The van der Waals surface area contributed by atoms with Crippen LogP contribution in [-0.2, 0) is 30.9 Å². The van der Waals surface area contributed by atoms with Gasteiger partial charge in [-0.3, -0.25) is 19.7 Å². The largest absolute Gasteiger partial charge is 0.468 e. The third-order valence-electron chi connectivity index (χ3n) is 3.89. The Morgan fingerprint density at radius 3 is 2.65 bits per heavy atom. The second kappa shape index (κ2) is 8.89. The van der Waals surface area contributed by atoms with E-state index in [1.165, 1.54) is 48.1 Å². The zero-order chi connectivity index (χ0) is 22.8. The van der Waals surface area contributed by atoms with E-state index in [4.69, 9.17) is 5.14 Å². The smallest absolute Gasteiger partial charge is 0.325 e. The third-order valence-corrected chi connectivity index (χ3v) is 6.84. The molecule has 1 aromatic carbocycles. The van der Waals surface area contributed by atoms with Crippen molar-refractivity contribution in [3.05, 3.63) is 56.2 Å². The molecule has 0 saturated heterocycles. The van der Waals surface area contributed by atoms with E-state index in [1.807, 2.05) is 0 Å². The van der Waals surface area contributed by atoms with Gasteiger partial charge in [-0.15, -0.1) is 0 Å². The molecule has 14 heteroatoms.